The van der Waals surface area contributed by atoms with Crippen molar-refractivity contribution in [2.45, 2.75) is 40.0 Å². The second kappa shape index (κ2) is 11.8. The molecular weight excluding hydrogens is 387 g/mol. The normalized spacial score (nSPS) is 12.4. The number of methoxy groups -OCH3 is 1. The molecule has 0 N–H and O–H groups in total. The molecule has 0 radical (unpaired) electrons. The van der Waals surface area contributed by atoms with Gasteiger partial charge in [0.15, 0.2) is 0 Å². The molecule has 6 heteroatoms. The predicted molar refractivity (Wildman–Crippen MR) is 117 cm³/mol. The molecule has 158 valence electrons. The second-order valence-electron chi connectivity index (χ2n) is 6.37. The summed E-state index contributed by atoms with van der Waals surface area (Å²) in [6, 6.07) is 17.7. The Morgan fingerprint density at radius 1 is 0.862 bits per heavy atom. The van der Waals surface area contributed by atoms with Crippen molar-refractivity contribution >= 4 is 13.4 Å². The van der Waals surface area contributed by atoms with Crippen LogP contribution < -0.4 is 4.74 Å². The minimum atomic E-state index is -3.71. The number of allylic oxidation sites excluding steroid dienone is 1. The zero-order chi connectivity index (χ0) is 21.1. The molecule has 2 aromatic rings. The van der Waals surface area contributed by atoms with E-state index >= 15 is 0 Å². The van der Waals surface area contributed by atoms with Gasteiger partial charge in [-0.2, -0.15) is 0 Å². The average molecular weight is 418 g/mol. The van der Waals surface area contributed by atoms with Gasteiger partial charge in [0.25, 0.3) is 0 Å². The van der Waals surface area contributed by atoms with Crippen molar-refractivity contribution < 1.29 is 22.9 Å². The van der Waals surface area contributed by atoms with Crippen LogP contribution in [-0.2, 0) is 18.1 Å². The van der Waals surface area contributed by atoms with E-state index in [1.165, 1.54) is 0 Å². The lowest BCUT2D eigenvalue weighted by Gasteiger charge is -2.22. The van der Waals surface area contributed by atoms with Gasteiger partial charge in [0.2, 0.25) is 0 Å². The average Bonchev–Trinajstić information content (AvgIpc) is 2.73. The molecule has 0 bridgehead atoms. The molecule has 0 atom stereocenters. The maximum Gasteiger partial charge on any atom is 0.529 e. The summed E-state index contributed by atoms with van der Waals surface area (Å²) in [7, 11) is -2.07. The van der Waals surface area contributed by atoms with Crippen LogP contribution in [0.25, 0.3) is 5.57 Å². The summed E-state index contributed by atoms with van der Waals surface area (Å²) < 4.78 is 35.2. The van der Waals surface area contributed by atoms with E-state index in [1.807, 2.05) is 54.6 Å². The van der Waals surface area contributed by atoms with E-state index < -0.39 is 7.82 Å². The third-order valence-electron chi connectivity index (χ3n) is 4.27. The lowest BCUT2D eigenvalue weighted by Crippen LogP contribution is -2.04. The van der Waals surface area contributed by atoms with Crippen LogP contribution in [0.2, 0.25) is 0 Å². The predicted octanol–water partition coefficient (Wildman–Crippen LogP) is 6.84. The first kappa shape index (κ1) is 23.2. The van der Waals surface area contributed by atoms with E-state index in [1.54, 1.807) is 21.0 Å². The standard InChI is InChI=1S/C23H31O5P/c1-5-8-14-22(28-29(24,26-6-2)27-7-3)23(19-12-10-9-11-13-19)20-15-17-21(25-4)18-16-20/h9-13,15-18H,5-8,14H2,1-4H3/b23-22+. The van der Waals surface area contributed by atoms with E-state index in [-0.39, 0.29) is 13.2 Å². The monoisotopic (exact) mass is 418 g/mol. The Bertz CT molecular complexity index is 805. The Hall–Kier alpha value is -2.07. The molecule has 0 fully saturated rings. The van der Waals surface area contributed by atoms with Gasteiger partial charge >= 0.3 is 7.82 Å². The minimum absolute atomic E-state index is 0.238. The molecule has 0 aliphatic rings. The molecule has 29 heavy (non-hydrogen) atoms. The highest BCUT2D eigenvalue weighted by Gasteiger charge is 2.30. The molecule has 0 unspecified atom stereocenters. The van der Waals surface area contributed by atoms with Crippen molar-refractivity contribution in [2.75, 3.05) is 20.3 Å². The van der Waals surface area contributed by atoms with Gasteiger partial charge in [0.05, 0.1) is 20.3 Å². The summed E-state index contributed by atoms with van der Waals surface area (Å²) in [5.74, 6) is 1.37. The van der Waals surface area contributed by atoms with Crippen LogP contribution in [-0.4, -0.2) is 20.3 Å². The molecule has 0 saturated heterocycles. The van der Waals surface area contributed by atoms with Crippen molar-refractivity contribution in [1.29, 1.82) is 0 Å². The fraction of sp³-hybridized carbons (Fsp3) is 0.391. The van der Waals surface area contributed by atoms with E-state index in [2.05, 4.69) is 6.92 Å². The van der Waals surface area contributed by atoms with Crippen molar-refractivity contribution in [3.05, 3.63) is 71.5 Å². The zero-order valence-corrected chi connectivity index (χ0v) is 18.6. The highest BCUT2D eigenvalue weighted by atomic mass is 31.2. The summed E-state index contributed by atoms with van der Waals surface area (Å²) in [5.41, 5.74) is 2.80. The molecule has 0 spiro atoms. The number of benzene rings is 2. The number of phosphoric acid groups is 1. The fourth-order valence-electron chi connectivity index (χ4n) is 2.95. The van der Waals surface area contributed by atoms with Crippen molar-refractivity contribution in [3.63, 3.8) is 0 Å². The van der Waals surface area contributed by atoms with E-state index in [4.69, 9.17) is 18.3 Å². The number of phosphoric ester groups is 1. The van der Waals surface area contributed by atoms with E-state index in [0.29, 0.717) is 12.2 Å². The number of unbranched alkanes of at least 4 members (excludes halogenated alkanes) is 1. The highest BCUT2D eigenvalue weighted by molar-refractivity contribution is 7.48. The van der Waals surface area contributed by atoms with Crippen LogP contribution in [0.3, 0.4) is 0 Å². The lowest BCUT2D eigenvalue weighted by molar-refractivity contribution is 0.143. The highest BCUT2D eigenvalue weighted by Crippen LogP contribution is 2.53. The largest absolute Gasteiger partial charge is 0.529 e. The number of rotatable bonds is 12. The lowest BCUT2D eigenvalue weighted by atomic mass is 9.95. The Kier molecular flexibility index (Phi) is 9.46. The first-order valence-corrected chi connectivity index (χ1v) is 11.5. The van der Waals surface area contributed by atoms with Gasteiger partial charge in [-0.3, -0.25) is 9.05 Å². The molecular formula is C23H31O5P. The first-order valence-electron chi connectivity index (χ1n) is 10.1. The summed E-state index contributed by atoms with van der Waals surface area (Å²) >= 11 is 0. The van der Waals surface area contributed by atoms with Crippen molar-refractivity contribution in [2.24, 2.45) is 0 Å². The quantitative estimate of drug-likeness (QED) is 0.279. The first-order chi connectivity index (χ1) is 14.1. The zero-order valence-electron chi connectivity index (χ0n) is 17.7. The molecule has 0 aliphatic carbocycles. The van der Waals surface area contributed by atoms with Crippen molar-refractivity contribution in [1.82, 2.24) is 0 Å². The molecule has 0 heterocycles. The Balaban J connectivity index is 2.62. The summed E-state index contributed by atoms with van der Waals surface area (Å²) in [6.07, 6.45) is 2.49. The van der Waals surface area contributed by atoms with E-state index in [0.717, 1.165) is 35.3 Å². The Morgan fingerprint density at radius 2 is 1.45 bits per heavy atom. The molecule has 0 saturated carbocycles. The summed E-state index contributed by atoms with van der Waals surface area (Å²) in [4.78, 5) is 0. The Labute approximate surface area is 174 Å². The van der Waals surface area contributed by atoms with Crippen LogP contribution in [0, 0.1) is 0 Å². The Morgan fingerprint density at radius 3 is 1.97 bits per heavy atom. The SMILES string of the molecule is CCCC/C(OP(=O)(OCC)OCC)=C(/c1ccccc1)c1ccc(OC)cc1. The van der Waals surface area contributed by atoms with Crippen LogP contribution >= 0.6 is 7.82 Å². The number of ether oxygens (including phenoxy) is 1. The van der Waals surface area contributed by atoms with Gasteiger partial charge in [-0.1, -0.05) is 55.8 Å². The van der Waals surface area contributed by atoms with Gasteiger partial charge in [-0.15, -0.1) is 0 Å². The molecule has 0 aliphatic heterocycles. The molecule has 2 aromatic carbocycles. The van der Waals surface area contributed by atoms with Gasteiger partial charge < -0.3 is 9.26 Å². The van der Waals surface area contributed by atoms with Crippen LogP contribution in [0.5, 0.6) is 5.75 Å². The fourth-order valence-corrected chi connectivity index (χ4v) is 4.21. The smallest absolute Gasteiger partial charge is 0.497 e. The maximum absolute atomic E-state index is 13.1. The summed E-state index contributed by atoms with van der Waals surface area (Å²) in [5, 5.41) is 0. The molecule has 2 rings (SSSR count). The molecule has 0 aromatic heterocycles. The van der Waals surface area contributed by atoms with Crippen molar-refractivity contribution in [3.8, 4) is 5.75 Å². The van der Waals surface area contributed by atoms with Gasteiger partial charge in [0, 0.05) is 12.0 Å². The molecule has 0 amide bonds. The van der Waals surface area contributed by atoms with Gasteiger partial charge in [-0.25, -0.2) is 4.57 Å². The van der Waals surface area contributed by atoms with Gasteiger partial charge in [0.1, 0.15) is 11.5 Å². The van der Waals surface area contributed by atoms with E-state index in [9.17, 15) is 4.57 Å². The van der Waals surface area contributed by atoms with Crippen LogP contribution in [0.15, 0.2) is 60.4 Å². The van der Waals surface area contributed by atoms with Crippen LogP contribution in [0.1, 0.15) is 51.2 Å². The summed E-state index contributed by atoms with van der Waals surface area (Å²) in [6.45, 7) is 6.12. The minimum Gasteiger partial charge on any atom is -0.497 e. The van der Waals surface area contributed by atoms with Gasteiger partial charge in [-0.05, 0) is 43.5 Å². The maximum atomic E-state index is 13.1. The second-order valence-corrected chi connectivity index (χ2v) is 7.96. The van der Waals surface area contributed by atoms with Crippen LogP contribution in [0.4, 0.5) is 0 Å². The topological polar surface area (TPSA) is 54.0 Å². The number of hydrogen-bond donors (Lipinski definition) is 0. The number of hydrogen-bond acceptors (Lipinski definition) is 5. The molecule has 5 nitrogen and oxygen atoms in total. The third kappa shape index (κ3) is 6.74. The third-order valence-corrected chi connectivity index (χ3v) is 5.87.